The third kappa shape index (κ3) is 4.17. The molecule has 0 bridgehead atoms. The van der Waals surface area contributed by atoms with Crippen molar-refractivity contribution in [3.8, 4) is 0 Å². The predicted molar refractivity (Wildman–Crippen MR) is 140 cm³/mol. The number of aromatic nitrogens is 1. The summed E-state index contributed by atoms with van der Waals surface area (Å²) in [6, 6.07) is 14.3. The molecular weight excluding hydrogens is 517 g/mol. The van der Waals surface area contributed by atoms with Gasteiger partial charge in [-0.25, -0.2) is 10.0 Å². The maximum atomic E-state index is 14.2. The van der Waals surface area contributed by atoms with E-state index in [1.165, 1.54) is 17.0 Å². The first-order valence-corrected chi connectivity index (χ1v) is 12.2. The molecule has 0 aliphatic carbocycles. The van der Waals surface area contributed by atoms with Crippen molar-refractivity contribution in [1.29, 1.82) is 0 Å². The Kier molecular flexibility index (Phi) is 6.47. The number of carbonyl (C=O) groups excluding carboxylic acids is 1. The Morgan fingerprint density at radius 3 is 2.41 bits per heavy atom. The highest BCUT2D eigenvalue weighted by molar-refractivity contribution is 6.42. The number of para-hydroxylation sites is 1. The summed E-state index contributed by atoms with van der Waals surface area (Å²) in [5.41, 5.74) is 3.61. The van der Waals surface area contributed by atoms with E-state index in [0.29, 0.717) is 22.4 Å². The summed E-state index contributed by atoms with van der Waals surface area (Å²) in [6.07, 6.45) is -1.38. The largest absolute Gasteiger partial charge is 0.761 e. The van der Waals surface area contributed by atoms with Gasteiger partial charge in [-0.3, -0.25) is 4.79 Å². The van der Waals surface area contributed by atoms with Crippen LogP contribution in [0.2, 0.25) is 10.0 Å². The van der Waals surface area contributed by atoms with Crippen LogP contribution in [-0.2, 0) is 6.42 Å². The molecule has 190 valence electrons. The molecule has 0 radical (unpaired) electrons. The van der Waals surface area contributed by atoms with Gasteiger partial charge in [-0.1, -0.05) is 53.5 Å². The number of amides is 1. The van der Waals surface area contributed by atoms with E-state index in [1.807, 2.05) is 24.3 Å². The second kappa shape index (κ2) is 9.48. The standard InChI is InChI=1S/C27H22Cl2N3O5/c1-13-10-18(19(27(34)35)11-14(13)2)26(33)31-22(32(36)37)12-17-15-6-3-4-9-21(15)30-24(17)25(31)16-7-5-8-20(28)23(16)29/h3-11,22,25,30,36H,12H2,1-2H3,(H,34,35)/q-1/t22-,25?/m1/s1. The van der Waals surface area contributed by atoms with Crippen LogP contribution in [0.1, 0.15) is 54.7 Å². The molecule has 0 fully saturated rings. The van der Waals surface area contributed by atoms with Crippen molar-refractivity contribution in [2.75, 3.05) is 0 Å². The minimum atomic E-state index is -1.37. The molecule has 1 unspecified atom stereocenters. The van der Waals surface area contributed by atoms with E-state index in [1.54, 1.807) is 32.0 Å². The Bertz CT molecular complexity index is 1570. The van der Waals surface area contributed by atoms with E-state index < -0.39 is 24.1 Å². The lowest BCUT2D eigenvalue weighted by atomic mass is 9.89. The monoisotopic (exact) mass is 538 g/mol. The second-order valence-electron chi connectivity index (χ2n) is 9.10. The first-order valence-electron chi connectivity index (χ1n) is 11.5. The molecule has 1 aromatic heterocycles. The summed E-state index contributed by atoms with van der Waals surface area (Å²) >= 11 is 13.0. The molecule has 0 spiro atoms. The number of carboxylic acid groups (broad SMARTS) is 1. The highest BCUT2D eigenvalue weighted by atomic mass is 35.5. The number of carbonyl (C=O) groups is 2. The maximum absolute atomic E-state index is 14.2. The van der Waals surface area contributed by atoms with Crippen molar-refractivity contribution in [2.24, 2.45) is 0 Å². The zero-order valence-electron chi connectivity index (χ0n) is 19.8. The number of nitrogens with one attached hydrogen (secondary N) is 1. The molecule has 37 heavy (non-hydrogen) atoms. The number of nitrogens with zero attached hydrogens (tertiary/aromatic N) is 2. The fraction of sp³-hybridized carbons (Fsp3) is 0.185. The number of halogens is 2. The van der Waals surface area contributed by atoms with Crippen LogP contribution in [0.4, 0.5) is 0 Å². The predicted octanol–water partition coefficient (Wildman–Crippen LogP) is 6.09. The fourth-order valence-electron chi connectivity index (χ4n) is 5.05. The molecule has 1 aliphatic rings. The molecule has 0 saturated carbocycles. The summed E-state index contributed by atoms with van der Waals surface area (Å²) in [6.45, 7) is 3.51. The normalized spacial score (nSPS) is 17.3. The number of hydrogen-bond donors (Lipinski definition) is 3. The average Bonchev–Trinajstić information content (AvgIpc) is 3.24. The molecular formula is C27H22Cl2N3O5-. The van der Waals surface area contributed by atoms with Gasteiger partial charge in [0.15, 0.2) is 0 Å². The van der Waals surface area contributed by atoms with Crippen LogP contribution in [0.15, 0.2) is 54.6 Å². The Labute approximate surface area is 222 Å². The number of hydroxylamine groups is 2. The van der Waals surface area contributed by atoms with Gasteiger partial charge in [0.2, 0.25) is 0 Å². The molecule has 8 nitrogen and oxygen atoms in total. The number of fused-ring (bicyclic) bond motifs is 3. The number of carboxylic acids is 1. The van der Waals surface area contributed by atoms with E-state index in [9.17, 15) is 25.1 Å². The van der Waals surface area contributed by atoms with Gasteiger partial charge in [0.1, 0.15) is 12.2 Å². The molecule has 10 heteroatoms. The lowest BCUT2D eigenvalue weighted by molar-refractivity contribution is -0.130. The van der Waals surface area contributed by atoms with E-state index in [2.05, 4.69) is 4.98 Å². The van der Waals surface area contributed by atoms with Crippen molar-refractivity contribution in [1.82, 2.24) is 15.1 Å². The number of rotatable bonds is 4. The van der Waals surface area contributed by atoms with Crippen LogP contribution in [0, 0.1) is 19.1 Å². The minimum absolute atomic E-state index is 0.00692. The summed E-state index contributed by atoms with van der Waals surface area (Å²) in [5.74, 6) is -2.03. The van der Waals surface area contributed by atoms with Gasteiger partial charge in [-0.15, -0.1) is 0 Å². The van der Waals surface area contributed by atoms with E-state index in [0.717, 1.165) is 16.5 Å². The van der Waals surface area contributed by atoms with E-state index in [4.69, 9.17) is 23.2 Å². The van der Waals surface area contributed by atoms with Crippen molar-refractivity contribution in [3.63, 3.8) is 0 Å². The maximum Gasteiger partial charge on any atom is 0.336 e. The molecule has 0 saturated heterocycles. The van der Waals surface area contributed by atoms with Crippen LogP contribution in [0.5, 0.6) is 0 Å². The average molecular weight is 539 g/mol. The SMILES string of the molecule is Cc1cc(C(=O)O)c(C(=O)N2C(c3cccc(Cl)c3Cl)c3[nH]c4ccccc4c3C[C@H]2N([O-])O)cc1C. The molecule has 3 aromatic carbocycles. The third-order valence-corrected chi connectivity index (χ3v) is 7.80. The number of aryl methyl sites for hydroxylation is 2. The van der Waals surface area contributed by atoms with Gasteiger partial charge in [0, 0.05) is 28.6 Å². The van der Waals surface area contributed by atoms with Gasteiger partial charge in [0.05, 0.1) is 21.2 Å². The Morgan fingerprint density at radius 2 is 1.73 bits per heavy atom. The first kappa shape index (κ1) is 25.3. The zero-order valence-corrected chi connectivity index (χ0v) is 21.3. The smallest absolute Gasteiger partial charge is 0.336 e. The van der Waals surface area contributed by atoms with Gasteiger partial charge in [-0.2, -0.15) is 0 Å². The number of H-pyrrole nitrogens is 1. The van der Waals surface area contributed by atoms with Crippen LogP contribution >= 0.6 is 23.2 Å². The number of aromatic carboxylic acids is 1. The van der Waals surface area contributed by atoms with Crippen molar-refractivity contribution < 1.29 is 19.9 Å². The van der Waals surface area contributed by atoms with E-state index >= 15 is 0 Å². The van der Waals surface area contributed by atoms with Crippen LogP contribution < -0.4 is 0 Å². The van der Waals surface area contributed by atoms with Gasteiger partial charge in [0.25, 0.3) is 5.91 Å². The number of aromatic amines is 1. The molecule has 1 aliphatic heterocycles. The lowest BCUT2D eigenvalue weighted by Crippen LogP contribution is -2.54. The lowest BCUT2D eigenvalue weighted by Gasteiger charge is -2.47. The summed E-state index contributed by atoms with van der Waals surface area (Å²) < 4.78 is 0. The molecule has 1 amide bonds. The third-order valence-electron chi connectivity index (χ3n) is 6.97. The molecule has 4 aromatic rings. The molecule has 2 atom stereocenters. The molecule has 5 rings (SSSR count). The van der Waals surface area contributed by atoms with Crippen LogP contribution in [0.3, 0.4) is 0 Å². The fourth-order valence-corrected chi connectivity index (χ4v) is 5.46. The van der Waals surface area contributed by atoms with Crippen LogP contribution in [0.25, 0.3) is 10.9 Å². The topological polar surface area (TPSA) is 120 Å². The van der Waals surface area contributed by atoms with Crippen molar-refractivity contribution in [2.45, 2.75) is 32.5 Å². The summed E-state index contributed by atoms with van der Waals surface area (Å²) in [5, 5.41) is 33.7. The molecule has 2 heterocycles. The first-order chi connectivity index (χ1) is 17.6. The zero-order chi connectivity index (χ0) is 26.6. The second-order valence-corrected chi connectivity index (χ2v) is 9.88. The quantitative estimate of drug-likeness (QED) is 0.270. The highest BCUT2D eigenvalue weighted by Gasteiger charge is 2.43. The number of hydrogen-bond acceptors (Lipinski definition) is 5. The number of benzene rings is 3. The summed E-state index contributed by atoms with van der Waals surface area (Å²) in [4.78, 5) is 30.9. The minimum Gasteiger partial charge on any atom is -0.761 e. The van der Waals surface area contributed by atoms with Gasteiger partial charge < -0.3 is 25.4 Å². The van der Waals surface area contributed by atoms with E-state index in [-0.39, 0.29) is 32.8 Å². The summed E-state index contributed by atoms with van der Waals surface area (Å²) in [7, 11) is 0. The molecule has 3 N–H and O–H groups in total. The Morgan fingerprint density at radius 1 is 1.05 bits per heavy atom. The Balaban J connectivity index is 1.81. The Hall–Kier alpha value is -3.40. The van der Waals surface area contributed by atoms with Gasteiger partial charge in [-0.05, 0) is 54.8 Å². The van der Waals surface area contributed by atoms with Crippen molar-refractivity contribution >= 4 is 46.0 Å². The van der Waals surface area contributed by atoms with Crippen LogP contribution in [-0.4, -0.2) is 43.5 Å². The van der Waals surface area contributed by atoms with Gasteiger partial charge >= 0.3 is 5.97 Å². The highest BCUT2D eigenvalue weighted by Crippen LogP contribution is 2.45. The van der Waals surface area contributed by atoms with Crippen molar-refractivity contribution in [3.05, 3.63) is 109 Å².